The Kier molecular flexibility index (Phi) is 4.39. The number of nitrogens with zero attached hydrogens (tertiary/aromatic N) is 3. The number of imidazole rings is 1. The van der Waals surface area contributed by atoms with Gasteiger partial charge in [-0.1, -0.05) is 18.2 Å². The highest BCUT2D eigenvalue weighted by Crippen LogP contribution is 2.23. The summed E-state index contributed by atoms with van der Waals surface area (Å²) in [6.45, 7) is 1.33. The molecule has 27 heavy (non-hydrogen) atoms. The first-order valence-corrected chi connectivity index (χ1v) is 9.11. The highest BCUT2D eigenvalue weighted by atomic mass is 16.2. The van der Waals surface area contributed by atoms with E-state index in [4.69, 9.17) is 4.98 Å². The molecule has 2 amide bonds. The van der Waals surface area contributed by atoms with E-state index in [0.717, 1.165) is 41.8 Å². The molecule has 2 aromatic carbocycles. The van der Waals surface area contributed by atoms with Gasteiger partial charge in [0.05, 0.1) is 16.6 Å². The number of hydrogen-bond acceptors (Lipinski definition) is 3. The topological polar surface area (TPSA) is 67.2 Å². The van der Waals surface area contributed by atoms with Crippen LogP contribution < -0.4 is 5.32 Å². The van der Waals surface area contributed by atoms with E-state index in [1.165, 1.54) is 0 Å². The first-order chi connectivity index (χ1) is 13.0. The smallest absolute Gasteiger partial charge is 0.253 e. The van der Waals surface area contributed by atoms with Crippen LogP contribution >= 0.6 is 0 Å². The highest BCUT2D eigenvalue weighted by molar-refractivity contribution is 6.05. The van der Waals surface area contributed by atoms with E-state index >= 15 is 0 Å². The molecule has 138 valence electrons. The lowest BCUT2D eigenvalue weighted by Gasteiger charge is -2.11. The van der Waals surface area contributed by atoms with Crippen molar-refractivity contribution in [3.8, 4) is 0 Å². The van der Waals surface area contributed by atoms with E-state index in [2.05, 4.69) is 9.88 Å². The molecule has 0 spiro atoms. The molecule has 6 heteroatoms. The van der Waals surface area contributed by atoms with Crippen LogP contribution in [0.3, 0.4) is 0 Å². The third-order valence-corrected chi connectivity index (χ3v) is 4.96. The van der Waals surface area contributed by atoms with Gasteiger partial charge in [-0.2, -0.15) is 0 Å². The molecule has 0 radical (unpaired) electrons. The second-order valence-electron chi connectivity index (χ2n) is 7.01. The second-order valence-corrected chi connectivity index (χ2v) is 7.01. The predicted octanol–water partition coefficient (Wildman–Crippen LogP) is 2.27. The standard InChI is InChI=1S/C21H22N4O2/c1-24(2)21(27)15-9-6-14(7-10-15)8-11-18-23-17-5-3-4-16-19(17)25(18)13-12-22-20(16)26/h3-7,9-10H,8,11-13H2,1-2H3,(H,22,26). The van der Waals surface area contributed by atoms with Crippen LogP contribution in [0.2, 0.25) is 0 Å². The molecule has 2 heterocycles. The van der Waals surface area contributed by atoms with Crippen LogP contribution in [0, 0.1) is 0 Å². The van der Waals surface area contributed by atoms with E-state index in [0.29, 0.717) is 17.7 Å². The fourth-order valence-electron chi connectivity index (χ4n) is 3.55. The lowest BCUT2D eigenvalue weighted by atomic mass is 10.1. The van der Waals surface area contributed by atoms with Crippen LogP contribution in [0.5, 0.6) is 0 Å². The summed E-state index contributed by atoms with van der Waals surface area (Å²) < 4.78 is 2.16. The van der Waals surface area contributed by atoms with Gasteiger partial charge in [0.15, 0.2) is 0 Å². The lowest BCUT2D eigenvalue weighted by molar-refractivity contribution is 0.0827. The van der Waals surface area contributed by atoms with Gasteiger partial charge in [-0.15, -0.1) is 0 Å². The fraction of sp³-hybridized carbons (Fsp3) is 0.286. The molecular formula is C21H22N4O2. The minimum Gasteiger partial charge on any atom is -0.350 e. The van der Waals surface area contributed by atoms with Gasteiger partial charge in [-0.05, 0) is 36.2 Å². The normalized spacial score (nSPS) is 13.3. The lowest BCUT2D eigenvalue weighted by Crippen LogP contribution is -2.24. The Morgan fingerprint density at radius 2 is 1.93 bits per heavy atom. The summed E-state index contributed by atoms with van der Waals surface area (Å²) in [4.78, 5) is 30.6. The Hall–Kier alpha value is -3.15. The van der Waals surface area contributed by atoms with Gasteiger partial charge >= 0.3 is 0 Å². The summed E-state index contributed by atoms with van der Waals surface area (Å²) in [5, 5.41) is 2.94. The van der Waals surface area contributed by atoms with E-state index in [1.54, 1.807) is 19.0 Å². The van der Waals surface area contributed by atoms with Gasteiger partial charge < -0.3 is 14.8 Å². The minimum atomic E-state index is -0.0352. The molecule has 0 atom stereocenters. The summed E-state index contributed by atoms with van der Waals surface area (Å²) in [5.74, 6) is 0.959. The van der Waals surface area contributed by atoms with E-state index < -0.39 is 0 Å². The molecule has 6 nitrogen and oxygen atoms in total. The average molecular weight is 362 g/mol. The van der Waals surface area contributed by atoms with Gasteiger partial charge in [0.25, 0.3) is 11.8 Å². The first kappa shape index (κ1) is 17.3. The predicted molar refractivity (Wildman–Crippen MR) is 104 cm³/mol. The quantitative estimate of drug-likeness (QED) is 0.774. The Balaban J connectivity index is 1.58. The monoisotopic (exact) mass is 362 g/mol. The third kappa shape index (κ3) is 3.18. The zero-order chi connectivity index (χ0) is 19.0. The van der Waals surface area contributed by atoms with Crippen molar-refractivity contribution >= 4 is 22.8 Å². The van der Waals surface area contributed by atoms with Crippen molar-refractivity contribution in [3.05, 3.63) is 65.0 Å². The van der Waals surface area contributed by atoms with Crippen molar-refractivity contribution in [3.63, 3.8) is 0 Å². The van der Waals surface area contributed by atoms with Crippen molar-refractivity contribution in [2.24, 2.45) is 0 Å². The average Bonchev–Trinajstić information content (AvgIpc) is 2.94. The van der Waals surface area contributed by atoms with Crippen molar-refractivity contribution in [1.29, 1.82) is 0 Å². The third-order valence-electron chi connectivity index (χ3n) is 4.96. The van der Waals surface area contributed by atoms with Crippen molar-refractivity contribution in [2.45, 2.75) is 19.4 Å². The van der Waals surface area contributed by atoms with E-state index in [1.807, 2.05) is 42.5 Å². The molecule has 1 aliphatic heterocycles. The molecule has 0 aliphatic carbocycles. The maximum absolute atomic E-state index is 12.2. The molecule has 1 aliphatic rings. The van der Waals surface area contributed by atoms with Crippen LogP contribution in [-0.2, 0) is 19.4 Å². The van der Waals surface area contributed by atoms with Crippen LogP contribution in [0.1, 0.15) is 32.1 Å². The van der Waals surface area contributed by atoms with Crippen LogP contribution in [0.15, 0.2) is 42.5 Å². The molecule has 0 bridgehead atoms. The fourth-order valence-corrected chi connectivity index (χ4v) is 3.55. The number of para-hydroxylation sites is 1. The Bertz CT molecular complexity index is 1020. The zero-order valence-corrected chi connectivity index (χ0v) is 15.5. The SMILES string of the molecule is CN(C)C(=O)c1ccc(CCc2nc3cccc4c3n2CCNC4=O)cc1. The summed E-state index contributed by atoms with van der Waals surface area (Å²) in [6, 6.07) is 13.4. The number of nitrogens with one attached hydrogen (secondary N) is 1. The Morgan fingerprint density at radius 3 is 2.67 bits per heavy atom. The van der Waals surface area contributed by atoms with Crippen LogP contribution in [0.4, 0.5) is 0 Å². The second kappa shape index (κ2) is 6.87. The summed E-state index contributed by atoms with van der Waals surface area (Å²) in [7, 11) is 3.50. The number of rotatable bonds is 4. The van der Waals surface area contributed by atoms with Gasteiger partial charge in [-0.3, -0.25) is 9.59 Å². The molecule has 3 aromatic rings. The largest absolute Gasteiger partial charge is 0.350 e. The van der Waals surface area contributed by atoms with Crippen LogP contribution in [0.25, 0.3) is 11.0 Å². The molecule has 1 N–H and O–H groups in total. The maximum atomic E-state index is 12.2. The molecule has 0 saturated carbocycles. The molecule has 4 rings (SSSR count). The van der Waals surface area contributed by atoms with Crippen molar-refractivity contribution < 1.29 is 9.59 Å². The number of carbonyl (C=O) groups is 2. The summed E-state index contributed by atoms with van der Waals surface area (Å²) in [6.07, 6.45) is 1.61. The number of aryl methyl sites for hydroxylation is 2. The molecule has 1 aromatic heterocycles. The molecule has 0 saturated heterocycles. The number of benzene rings is 2. The molecular weight excluding hydrogens is 340 g/mol. The van der Waals surface area contributed by atoms with Gasteiger partial charge in [-0.25, -0.2) is 4.98 Å². The number of carbonyl (C=O) groups excluding carboxylic acids is 2. The summed E-state index contributed by atoms with van der Waals surface area (Å²) in [5.41, 5.74) is 4.33. The van der Waals surface area contributed by atoms with E-state index in [-0.39, 0.29) is 11.8 Å². The first-order valence-electron chi connectivity index (χ1n) is 9.11. The Morgan fingerprint density at radius 1 is 1.15 bits per heavy atom. The highest BCUT2D eigenvalue weighted by Gasteiger charge is 2.20. The number of hydrogen-bond donors (Lipinski definition) is 1. The van der Waals surface area contributed by atoms with Crippen LogP contribution in [-0.4, -0.2) is 46.9 Å². The molecule has 0 fully saturated rings. The molecule has 0 unspecified atom stereocenters. The van der Waals surface area contributed by atoms with Gasteiger partial charge in [0.1, 0.15) is 5.82 Å². The van der Waals surface area contributed by atoms with E-state index in [9.17, 15) is 9.59 Å². The van der Waals surface area contributed by atoms with Gasteiger partial charge in [0, 0.05) is 39.2 Å². The maximum Gasteiger partial charge on any atom is 0.253 e. The van der Waals surface area contributed by atoms with Crippen molar-refractivity contribution in [1.82, 2.24) is 19.8 Å². The minimum absolute atomic E-state index is 0.00595. The van der Waals surface area contributed by atoms with Crippen molar-refractivity contribution in [2.75, 3.05) is 20.6 Å². The Labute approximate surface area is 157 Å². The number of amides is 2. The van der Waals surface area contributed by atoms with Gasteiger partial charge in [0.2, 0.25) is 0 Å². The summed E-state index contributed by atoms with van der Waals surface area (Å²) >= 11 is 0. The number of aromatic nitrogens is 2. The zero-order valence-electron chi connectivity index (χ0n) is 15.5.